The van der Waals surface area contributed by atoms with E-state index in [9.17, 15) is 4.79 Å². The average Bonchev–Trinajstić information content (AvgIpc) is 3.28. The fourth-order valence-corrected chi connectivity index (χ4v) is 3.92. The molecule has 134 valence electrons. The smallest absolute Gasteiger partial charge is 0.317 e. The molecule has 0 aromatic carbocycles. The number of aryl methyl sites for hydroxylation is 2. The van der Waals surface area contributed by atoms with Crippen LogP contribution in [0.4, 0.5) is 4.79 Å². The first-order valence-electron chi connectivity index (χ1n) is 9.54. The maximum Gasteiger partial charge on any atom is 0.317 e. The highest BCUT2D eigenvalue weighted by Crippen LogP contribution is 2.20. The Balaban J connectivity index is 1.35. The van der Waals surface area contributed by atoms with Gasteiger partial charge in [-0.3, -0.25) is 4.90 Å². The number of nitrogens with zero attached hydrogens (tertiary/aromatic N) is 4. The van der Waals surface area contributed by atoms with E-state index in [-0.39, 0.29) is 6.03 Å². The molecule has 0 radical (unpaired) electrons. The zero-order chi connectivity index (χ0) is 16.8. The molecule has 0 saturated carbocycles. The largest absolute Gasteiger partial charge is 0.338 e. The lowest BCUT2D eigenvalue weighted by Crippen LogP contribution is -2.44. The van der Waals surface area contributed by atoms with Crippen LogP contribution in [0.25, 0.3) is 0 Å². The fourth-order valence-electron chi connectivity index (χ4n) is 3.92. The Labute approximate surface area is 145 Å². The average molecular weight is 333 g/mol. The van der Waals surface area contributed by atoms with Gasteiger partial charge in [0.05, 0.1) is 0 Å². The second-order valence-electron chi connectivity index (χ2n) is 6.96. The molecular formula is C18H31N5O. The number of aromatic nitrogens is 2. The molecule has 3 heterocycles. The van der Waals surface area contributed by atoms with Crippen molar-refractivity contribution in [1.29, 1.82) is 0 Å². The number of urea groups is 1. The van der Waals surface area contributed by atoms with E-state index in [1.807, 2.05) is 17.3 Å². The van der Waals surface area contributed by atoms with Gasteiger partial charge in [0.15, 0.2) is 0 Å². The van der Waals surface area contributed by atoms with Crippen molar-refractivity contribution in [2.75, 3.05) is 32.7 Å². The Bertz CT molecular complexity index is 523. The van der Waals surface area contributed by atoms with Crippen molar-refractivity contribution in [3.63, 3.8) is 0 Å². The molecule has 0 unspecified atom stereocenters. The van der Waals surface area contributed by atoms with Crippen LogP contribution in [0.1, 0.15) is 44.9 Å². The third-order valence-corrected chi connectivity index (χ3v) is 5.33. The molecule has 2 saturated heterocycles. The summed E-state index contributed by atoms with van der Waals surface area (Å²) in [6.07, 6.45) is 10.9. The zero-order valence-electron chi connectivity index (χ0n) is 14.9. The molecule has 0 bridgehead atoms. The summed E-state index contributed by atoms with van der Waals surface area (Å²) in [4.78, 5) is 21.2. The van der Waals surface area contributed by atoms with E-state index < -0.39 is 0 Å². The molecule has 2 amide bonds. The molecule has 2 aliphatic rings. The summed E-state index contributed by atoms with van der Waals surface area (Å²) in [6, 6.07) is 0.685. The van der Waals surface area contributed by atoms with E-state index in [2.05, 4.69) is 26.7 Å². The number of imidazole rings is 1. The van der Waals surface area contributed by atoms with Gasteiger partial charge in [0.2, 0.25) is 0 Å². The Hall–Kier alpha value is -1.56. The predicted octanol–water partition coefficient (Wildman–Crippen LogP) is 2.11. The van der Waals surface area contributed by atoms with Crippen molar-refractivity contribution in [3.8, 4) is 0 Å². The second-order valence-corrected chi connectivity index (χ2v) is 6.96. The molecule has 1 aromatic heterocycles. The van der Waals surface area contributed by atoms with Gasteiger partial charge in [0.25, 0.3) is 0 Å². The number of carbonyl (C=O) groups is 1. The molecule has 1 N–H and O–H groups in total. The van der Waals surface area contributed by atoms with Crippen molar-refractivity contribution in [3.05, 3.63) is 18.2 Å². The van der Waals surface area contributed by atoms with Crippen LogP contribution in [-0.2, 0) is 13.0 Å². The van der Waals surface area contributed by atoms with Gasteiger partial charge in [-0.1, -0.05) is 13.3 Å². The monoisotopic (exact) mass is 333 g/mol. The number of piperidine rings is 1. The van der Waals surface area contributed by atoms with Crippen LogP contribution < -0.4 is 5.32 Å². The summed E-state index contributed by atoms with van der Waals surface area (Å²) in [5.41, 5.74) is 0. The molecular weight excluding hydrogens is 302 g/mol. The molecule has 0 spiro atoms. The molecule has 2 aliphatic heterocycles. The van der Waals surface area contributed by atoms with Gasteiger partial charge in [-0.15, -0.1) is 0 Å². The van der Waals surface area contributed by atoms with Crippen molar-refractivity contribution >= 4 is 6.03 Å². The van der Waals surface area contributed by atoms with Crippen molar-refractivity contribution in [1.82, 2.24) is 24.7 Å². The fraction of sp³-hybridized carbons (Fsp3) is 0.778. The molecule has 2 fully saturated rings. The summed E-state index contributed by atoms with van der Waals surface area (Å²) >= 11 is 0. The lowest BCUT2D eigenvalue weighted by Gasteiger charge is -2.32. The van der Waals surface area contributed by atoms with Gasteiger partial charge in [-0.2, -0.15) is 0 Å². The minimum Gasteiger partial charge on any atom is -0.338 e. The van der Waals surface area contributed by atoms with Crippen LogP contribution in [0.15, 0.2) is 12.4 Å². The van der Waals surface area contributed by atoms with Crippen LogP contribution >= 0.6 is 0 Å². The molecule has 3 rings (SSSR count). The molecule has 24 heavy (non-hydrogen) atoms. The van der Waals surface area contributed by atoms with Crippen LogP contribution in [0, 0.1) is 0 Å². The SMILES string of the molecule is CCc1nccn1CCCNC(=O)N1CC[C@@H](N2CCCCC2)C1. The maximum absolute atomic E-state index is 12.3. The first-order chi connectivity index (χ1) is 11.8. The lowest BCUT2D eigenvalue weighted by molar-refractivity contribution is 0.161. The second kappa shape index (κ2) is 8.51. The number of likely N-dealkylation sites (tertiary alicyclic amines) is 2. The quantitative estimate of drug-likeness (QED) is 0.811. The summed E-state index contributed by atoms with van der Waals surface area (Å²) in [7, 11) is 0. The minimum absolute atomic E-state index is 0.107. The Morgan fingerprint density at radius 3 is 2.92 bits per heavy atom. The summed E-state index contributed by atoms with van der Waals surface area (Å²) in [5.74, 6) is 1.12. The van der Waals surface area contributed by atoms with E-state index in [1.54, 1.807) is 0 Å². The molecule has 0 aliphatic carbocycles. The van der Waals surface area contributed by atoms with Crippen LogP contribution in [-0.4, -0.2) is 64.1 Å². The highest BCUT2D eigenvalue weighted by Gasteiger charge is 2.30. The lowest BCUT2D eigenvalue weighted by atomic mass is 10.1. The number of hydrogen-bond acceptors (Lipinski definition) is 3. The molecule has 1 aromatic rings. The van der Waals surface area contributed by atoms with Crippen LogP contribution in [0.5, 0.6) is 0 Å². The third kappa shape index (κ3) is 4.29. The van der Waals surface area contributed by atoms with E-state index in [1.165, 1.54) is 32.4 Å². The Kier molecular flexibility index (Phi) is 6.12. The topological polar surface area (TPSA) is 53.4 Å². The van der Waals surface area contributed by atoms with Gasteiger partial charge in [0, 0.05) is 51.0 Å². The first-order valence-corrected chi connectivity index (χ1v) is 9.54. The number of hydrogen-bond donors (Lipinski definition) is 1. The van der Waals surface area contributed by atoms with E-state index in [0.717, 1.165) is 51.3 Å². The van der Waals surface area contributed by atoms with E-state index in [0.29, 0.717) is 6.04 Å². The van der Waals surface area contributed by atoms with Gasteiger partial charge in [-0.05, 0) is 38.8 Å². The molecule has 6 heteroatoms. The minimum atomic E-state index is 0.107. The summed E-state index contributed by atoms with van der Waals surface area (Å²) in [6.45, 7) is 7.98. The van der Waals surface area contributed by atoms with Gasteiger partial charge >= 0.3 is 6.03 Å². The van der Waals surface area contributed by atoms with Gasteiger partial charge < -0.3 is 14.8 Å². The molecule has 6 nitrogen and oxygen atoms in total. The van der Waals surface area contributed by atoms with Gasteiger partial charge in [0.1, 0.15) is 5.82 Å². The van der Waals surface area contributed by atoms with Crippen LogP contribution in [0.2, 0.25) is 0 Å². The van der Waals surface area contributed by atoms with Crippen molar-refractivity contribution < 1.29 is 4.79 Å². The normalized spacial score (nSPS) is 22.0. The summed E-state index contributed by atoms with van der Waals surface area (Å²) in [5, 5.41) is 3.08. The highest BCUT2D eigenvalue weighted by molar-refractivity contribution is 5.74. The number of nitrogens with one attached hydrogen (secondary N) is 1. The highest BCUT2D eigenvalue weighted by atomic mass is 16.2. The summed E-state index contributed by atoms with van der Waals surface area (Å²) < 4.78 is 2.17. The van der Waals surface area contributed by atoms with E-state index >= 15 is 0 Å². The van der Waals surface area contributed by atoms with Gasteiger partial charge in [-0.25, -0.2) is 9.78 Å². The number of amides is 2. The number of rotatable bonds is 6. The zero-order valence-corrected chi connectivity index (χ0v) is 14.9. The Morgan fingerprint density at radius 1 is 1.29 bits per heavy atom. The number of carbonyl (C=O) groups excluding carboxylic acids is 1. The van der Waals surface area contributed by atoms with Crippen molar-refractivity contribution in [2.45, 2.75) is 58.0 Å². The predicted molar refractivity (Wildman–Crippen MR) is 95.0 cm³/mol. The molecule has 1 atom stereocenters. The first kappa shape index (κ1) is 17.3. The standard InChI is InChI=1S/C18H31N5O/c1-2-17-19-9-14-22(17)12-6-8-20-18(24)23-13-7-16(15-23)21-10-4-3-5-11-21/h9,14,16H,2-8,10-13,15H2,1H3,(H,20,24)/t16-/m1/s1. The third-order valence-electron chi connectivity index (χ3n) is 5.33. The van der Waals surface area contributed by atoms with E-state index in [4.69, 9.17) is 0 Å². The Morgan fingerprint density at radius 2 is 2.12 bits per heavy atom. The van der Waals surface area contributed by atoms with Crippen molar-refractivity contribution in [2.24, 2.45) is 0 Å². The van der Waals surface area contributed by atoms with Crippen LogP contribution in [0.3, 0.4) is 0 Å². The maximum atomic E-state index is 12.3.